The van der Waals surface area contributed by atoms with E-state index < -0.39 is 0 Å². The fourth-order valence-corrected chi connectivity index (χ4v) is 2.66. The molecule has 0 spiro atoms. The van der Waals surface area contributed by atoms with E-state index in [0.29, 0.717) is 21.8 Å². The van der Waals surface area contributed by atoms with Gasteiger partial charge in [-0.15, -0.1) is 0 Å². The van der Waals surface area contributed by atoms with Gasteiger partial charge in [0.25, 0.3) is 0 Å². The van der Waals surface area contributed by atoms with Crippen LogP contribution in [-0.4, -0.2) is 31.5 Å². The second-order valence-corrected chi connectivity index (χ2v) is 5.03. The molecule has 1 aromatic carbocycles. The predicted octanol–water partition coefficient (Wildman–Crippen LogP) is 1.91. The van der Waals surface area contributed by atoms with Crippen molar-refractivity contribution in [3.05, 3.63) is 42.2 Å². The first-order valence-electron chi connectivity index (χ1n) is 5.91. The number of aromatic nitrogens is 4. The maximum absolute atomic E-state index is 12.1. The van der Waals surface area contributed by atoms with E-state index in [2.05, 4.69) is 19.9 Å². The Morgan fingerprint density at radius 3 is 2.85 bits per heavy atom. The zero-order valence-corrected chi connectivity index (χ0v) is 11.2. The Hall–Kier alpha value is -2.41. The topological polar surface area (TPSA) is 97.5 Å². The van der Waals surface area contributed by atoms with Crippen LogP contribution in [0.3, 0.4) is 0 Å². The summed E-state index contributed by atoms with van der Waals surface area (Å²) in [4.78, 5) is 27.2. The number of ketones is 1. The number of nitrogens with zero attached hydrogens (tertiary/aromatic N) is 3. The van der Waals surface area contributed by atoms with E-state index in [1.165, 1.54) is 18.1 Å². The van der Waals surface area contributed by atoms with E-state index in [1.807, 2.05) is 18.2 Å². The summed E-state index contributed by atoms with van der Waals surface area (Å²) in [6.07, 6.45) is 1.53. The molecule has 100 valence electrons. The van der Waals surface area contributed by atoms with Gasteiger partial charge in [-0.1, -0.05) is 42.1 Å². The summed E-state index contributed by atoms with van der Waals surface area (Å²) in [6, 6.07) is 9.15. The van der Waals surface area contributed by atoms with Crippen molar-refractivity contribution in [3.63, 3.8) is 0 Å². The van der Waals surface area contributed by atoms with Gasteiger partial charge in [0, 0.05) is 5.56 Å². The summed E-state index contributed by atoms with van der Waals surface area (Å²) >= 11 is 1.32. The smallest absolute Gasteiger partial charge is 0.223 e. The predicted molar refractivity (Wildman–Crippen MR) is 77.6 cm³/mol. The minimum atomic E-state index is 0.0421. The van der Waals surface area contributed by atoms with Gasteiger partial charge in [-0.25, -0.2) is 9.97 Å². The number of thioether (sulfide) groups is 1. The summed E-state index contributed by atoms with van der Waals surface area (Å²) in [5, 5.41) is 0.634. The lowest BCUT2D eigenvalue weighted by Crippen LogP contribution is -2.03. The second kappa shape index (κ2) is 5.30. The van der Waals surface area contributed by atoms with Crippen molar-refractivity contribution in [2.75, 3.05) is 11.5 Å². The number of nitrogen functional groups attached to an aromatic ring is 1. The lowest BCUT2D eigenvalue weighted by atomic mass is 10.2. The number of hydrogen-bond acceptors (Lipinski definition) is 6. The number of aromatic amines is 1. The molecule has 0 saturated carbocycles. The van der Waals surface area contributed by atoms with Crippen LogP contribution in [0.15, 0.2) is 41.7 Å². The van der Waals surface area contributed by atoms with Gasteiger partial charge in [-0.2, -0.15) is 4.98 Å². The Morgan fingerprint density at radius 1 is 1.25 bits per heavy atom. The van der Waals surface area contributed by atoms with Gasteiger partial charge in [0.2, 0.25) is 5.95 Å². The minimum absolute atomic E-state index is 0.0421. The van der Waals surface area contributed by atoms with E-state index >= 15 is 0 Å². The van der Waals surface area contributed by atoms with Gasteiger partial charge < -0.3 is 10.7 Å². The summed E-state index contributed by atoms with van der Waals surface area (Å²) in [5.74, 6) is 0.480. The van der Waals surface area contributed by atoms with Crippen molar-refractivity contribution in [1.29, 1.82) is 0 Å². The summed E-state index contributed by atoms with van der Waals surface area (Å²) in [6.45, 7) is 0. The number of hydrogen-bond donors (Lipinski definition) is 2. The number of nitrogens with one attached hydrogen (secondary N) is 1. The molecule has 0 bridgehead atoms. The molecular formula is C13H11N5OS. The molecule has 3 N–H and O–H groups in total. The third-order valence-corrected chi connectivity index (χ3v) is 3.68. The fraction of sp³-hybridized carbons (Fsp3) is 0.0769. The first-order chi connectivity index (χ1) is 9.74. The molecule has 0 unspecified atom stereocenters. The molecule has 0 aliphatic rings. The maximum Gasteiger partial charge on any atom is 0.223 e. The molecule has 0 fully saturated rings. The van der Waals surface area contributed by atoms with Gasteiger partial charge in [-0.05, 0) is 0 Å². The number of imidazole rings is 1. The number of benzene rings is 1. The maximum atomic E-state index is 12.1. The number of nitrogens with two attached hydrogens (primary N) is 1. The Kier molecular flexibility index (Phi) is 3.34. The molecule has 2 aromatic heterocycles. The molecule has 7 heteroatoms. The van der Waals surface area contributed by atoms with Gasteiger partial charge >= 0.3 is 0 Å². The first-order valence-corrected chi connectivity index (χ1v) is 6.90. The normalized spacial score (nSPS) is 10.8. The number of rotatable bonds is 4. The lowest BCUT2D eigenvalue weighted by Gasteiger charge is -2.03. The summed E-state index contributed by atoms with van der Waals surface area (Å²) in [5.41, 5.74) is 7.52. The lowest BCUT2D eigenvalue weighted by molar-refractivity contribution is 0.102. The molecule has 3 rings (SSSR count). The zero-order valence-electron chi connectivity index (χ0n) is 10.4. The van der Waals surface area contributed by atoms with E-state index in [4.69, 9.17) is 5.73 Å². The van der Waals surface area contributed by atoms with Gasteiger partial charge in [-0.3, -0.25) is 4.79 Å². The monoisotopic (exact) mass is 285 g/mol. The van der Waals surface area contributed by atoms with Crippen LogP contribution in [0, 0.1) is 0 Å². The number of carbonyl (C=O) groups excluding carboxylic acids is 1. The van der Waals surface area contributed by atoms with Crippen LogP contribution in [0.4, 0.5) is 5.95 Å². The van der Waals surface area contributed by atoms with Crippen LogP contribution in [0.25, 0.3) is 11.2 Å². The van der Waals surface area contributed by atoms with E-state index in [0.717, 1.165) is 0 Å². The molecule has 20 heavy (non-hydrogen) atoms. The SMILES string of the molecule is Nc1nc(SCC(=O)c2ccccc2)c2[nH]cnc2n1. The van der Waals surface area contributed by atoms with Crippen molar-refractivity contribution in [2.45, 2.75) is 5.03 Å². The minimum Gasteiger partial charge on any atom is -0.368 e. The third-order valence-electron chi connectivity index (χ3n) is 2.71. The molecule has 0 aliphatic heterocycles. The van der Waals surface area contributed by atoms with Crippen LogP contribution in [0.5, 0.6) is 0 Å². The second-order valence-electron chi connectivity index (χ2n) is 4.07. The zero-order chi connectivity index (χ0) is 13.9. The van der Waals surface area contributed by atoms with Crippen LogP contribution in [-0.2, 0) is 0 Å². The van der Waals surface area contributed by atoms with Gasteiger partial charge in [0.1, 0.15) is 10.5 Å². The number of anilines is 1. The highest BCUT2D eigenvalue weighted by molar-refractivity contribution is 8.00. The van der Waals surface area contributed by atoms with Crippen molar-refractivity contribution < 1.29 is 4.79 Å². The van der Waals surface area contributed by atoms with Crippen LogP contribution in [0.2, 0.25) is 0 Å². The molecule has 0 aliphatic carbocycles. The molecule has 6 nitrogen and oxygen atoms in total. The van der Waals surface area contributed by atoms with Crippen molar-refractivity contribution in [2.24, 2.45) is 0 Å². The first kappa shape index (κ1) is 12.6. The molecule has 0 saturated heterocycles. The van der Waals surface area contributed by atoms with Gasteiger partial charge in [0.15, 0.2) is 11.4 Å². The highest BCUT2D eigenvalue weighted by Crippen LogP contribution is 2.24. The molecule has 0 radical (unpaired) electrons. The average molecular weight is 285 g/mol. The number of H-pyrrole nitrogens is 1. The standard InChI is InChI=1S/C13H11N5OS/c14-13-17-11-10(15-7-16-11)12(18-13)20-6-9(19)8-4-2-1-3-5-8/h1-5,7H,6H2,(H3,14,15,16,17,18). The average Bonchev–Trinajstić information content (AvgIpc) is 2.93. The van der Waals surface area contributed by atoms with Crippen LogP contribution in [0.1, 0.15) is 10.4 Å². The molecular weight excluding hydrogens is 274 g/mol. The number of carbonyl (C=O) groups is 1. The summed E-state index contributed by atoms with van der Waals surface area (Å²) in [7, 11) is 0. The Morgan fingerprint density at radius 2 is 2.05 bits per heavy atom. The Bertz CT molecular complexity index is 756. The Balaban J connectivity index is 1.80. The number of fused-ring (bicyclic) bond motifs is 1. The quantitative estimate of drug-likeness (QED) is 0.432. The van der Waals surface area contributed by atoms with Crippen LogP contribution >= 0.6 is 11.8 Å². The van der Waals surface area contributed by atoms with Crippen molar-refractivity contribution in [3.8, 4) is 0 Å². The fourth-order valence-electron chi connectivity index (χ4n) is 1.77. The van der Waals surface area contributed by atoms with E-state index in [1.54, 1.807) is 12.1 Å². The van der Waals surface area contributed by atoms with Gasteiger partial charge in [0.05, 0.1) is 12.1 Å². The molecule has 3 aromatic rings. The number of Topliss-reactive ketones (excluding diaryl/α,β-unsaturated/α-hetero) is 1. The largest absolute Gasteiger partial charge is 0.368 e. The van der Waals surface area contributed by atoms with E-state index in [-0.39, 0.29) is 17.5 Å². The molecule has 0 amide bonds. The third kappa shape index (κ3) is 2.48. The highest BCUT2D eigenvalue weighted by atomic mass is 32.2. The Labute approximate surface area is 118 Å². The molecule has 2 heterocycles. The van der Waals surface area contributed by atoms with Crippen molar-refractivity contribution >= 4 is 34.7 Å². The van der Waals surface area contributed by atoms with Crippen molar-refractivity contribution in [1.82, 2.24) is 19.9 Å². The van der Waals surface area contributed by atoms with E-state index in [9.17, 15) is 4.79 Å². The highest BCUT2D eigenvalue weighted by Gasteiger charge is 2.12. The molecule has 0 atom stereocenters. The van der Waals surface area contributed by atoms with Crippen LogP contribution < -0.4 is 5.73 Å². The summed E-state index contributed by atoms with van der Waals surface area (Å²) < 4.78 is 0.